The first-order valence-corrected chi connectivity index (χ1v) is 7.86. The Balaban J connectivity index is 1.94. The molecule has 0 aromatic heterocycles. The van der Waals surface area contributed by atoms with Gasteiger partial charge in [-0.05, 0) is 32.4 Å². The van der Waals surface area contributed by atoms with Crippen LogP contribution in [0.15, 0.2) is 18.2 Å². The molecule has 1 aliphatic rings. The molecule has 126 valence electrons. The molecule has 0 unspecified atom stereocenters. The van der Waals surface area contributed by atoms with E-state index >= 15 is 0 Å². The SMILES string of the molecule is CCOc1ccc(OCC)c(NC(=O)NC[C@H]2CCC(=O)N2)c1. The van der Waals surface area contributed by atoms with E-state index in [1.54, 1.807) is 18.2 Å². The van der Waals surface area contributed by atoms with Crippen molar-refractivity contribution >= 4 is 17.6 Å². The lowest BCUT2D eigenvalue weighted by molar-refractivity contribution is -0.119. The average molecular weight is 321 g/mol. The highest BCUT2D eigenvalue weighted by Crippen LogP contribution is 2.29. The monoisotopic (exact) mass is 321 g/mol. The second-order valence-electron chi connectivity index (χ2n) is 5.16. The van der Waals surface area contributed by atoms with Crippen LogP contribution in [0.5, 0.6) is 11.5 Å². The molecule has 7 heteroatoms. The van der Waals surface area contributed by atoms with Crippen molar-refractivity contribution in [2.75, 3.05) is 25.1 Å². The molecule has 0 saturated carbocycles. The van der Waals surface area contributed by atoms with E-state index in [1.807, 2.05) is 13.8 Å². The molecule has 1 atom stereocenters. The van der Waals surface area contributed by atoms with Gasteiger partial charge in [0, 0.05) is 25.1 Å². The maximum Gasteiger partial charge on any atom is 0.319 e. The van der Waals surface area contributed by atoms with Crippen LogP contribution in [-0.4, -0.2) is 37.7 Å². The highest BCUT2D eigenvalue weighted by atomic mass is 16.5. The van der Waals surface area contributed by atoms with Crippen molar-refractivity contribution in [1.29, 1.82) is 0 Å². The van der Waals surface area contributed by atoms with Crippen LogP contribution in [0.25, 0.3) is 0 Å². The van der Waals surface area contributed by atoms with Gasteiger partial charge in [-0.25, -0.2) is 4.79 Å². The number of anilines is 1. The lowest BCUT2D eigenvalue weighted by Crippen LogP contribution is -2.40. The zero-order valence-electron chi connectivity index (χ0n) is 13.5. The molecule has 0 aliphatic carbocycles. The van der Waals surface area contributed by atoms with Gasteiger partial charge in [-0.2, -0.15) is 0 Å². The zero-order valence-corrected chi connectivity index (χ0v) is 13.5. The second-order valence-corrected chi connectivity index (χ2v) is 5.16. The first kappa shape index (κ1) is 16.9. The average Bonchev–Trinajstić information content (AvgIpc) is 2.94. The Morgan fingerprint density at radius 2 is 2.09 bits per heavy atom. The van der Waals surface area contributed by atoms with Gasteiger partial charge in [0.25, 0.3) is 0 Å². The van der Waals surface area contributed by atoms with Gasteiger partial charge in [-0.3, -0.25) is 4.79 Å². The van der Waals surface area contributed by atoms with E-state index in [1.165, 1.54) is 0 Å². The lowest BCUT2D eigenvalue weighted by Gasteiger charge is -2.15. The number of ether oxygens (including phenoxy) is 2. The largest absolute Gasteiger partial charge is 0.494 e. The van der Waals surface area contributed by atoms with Gasteiger partial charge in [-0.1, -0.05) is 0 Å². The molecule has 1 heterocycles. The van der Waals surface area contributed by atoms with Crippen molar-refractivity contribution in [3.63, 3.8) is 0 Å². The molecular formula is C16H23N3O4. The number of rotatable bonds is 7. The summed E-state index contributed by atoms with van der Waals surface area (Å²) in [5, 5.41) is 8.32. The quantitative estimate of drug-likeness (QED) is 0.715. The van der Waals surface area contributed by atoms with E-state index in [4.69, 9.17) is 9.47 Å². The maximum absolute atomic E-state index is 12.0. The summed E-state index contributed by atoms with van der Waals surface area (Å²) >= 11 is 0. The fourth-order valence-electron chi connectivity index (χ4n) is 2.36. The smallest absolute Gasteiger partial charge is 0.319 e. The Morgan fingerprint density at radius 3 is 2.74 bits per heavy atom. The fourth-order valence-corrected chi connectivity index (χ4v) is 2.36. The number of carbonyl (C=O) groups excluding carboxylic acids is 2. The number of urea groups is 1. The number of benzene rings is 1. The molecular weight excluding hydrogens is 298 g/mol. The van der Waals surface area contributed by atoms with Crippen LogP contribution in [0, 0.1) is 0 Å². The Bertz CT molecular complexity index is 562. The van der Waals surface area contributed by atoms with Gasteiger partial charge >= 0.3 is 6.03 Å². The summed E-state index contributed by atoms with van der Waals surface area (Å²) in [6, 6.07) is 4.94. The van der Waals surface area contributed by atoms with Crippen LogP contribution in [0.2, 0.25) is 0 Å². The first-order chi connectivity index (χ1) is 11.1. The first-order valence-electron chi connectivity index (χ1n) is 7.86. The Kier molecular flexibility index (Phi) is 6.08. The summed E-state index contributed by atoms with van der Waals surface area (Å²) in [5.74, 6) is 1.27. The van der Waals surface area contributed by atoms with Gasteiger partial charge in [-0.15, -0.1) is 0 Å². The van der Waals surface area contributed by atoms with E-state index in [2.05, 4.69) is 16.0 Å². The molecule has 0 radical (unpaired) electrons. The molecule has 7 nitrogen and oxygen atoms in total. The predicted octanol–water partition coefficient (Wildman–Crippen LogP) is 1.88. The highest BCUT2D eigenvalue weighted by molar-refractivity contribution is 5.91. The van der Waals surface area contributed by atoms with Crippen molar-refractivity contribution in [2.24, 2.45) is 0 Å². The van der Waals surface area contributed by atoms with Crippen molar-refractivity contribution < 1.29 is 19.1 Å². The van der Waals surface area contributed by atoms with E-state index < -0.39 is 0 Å². The van der Waals surface area contributed by atoms with Crippen molar-refractivity contribution in [3.8, 4) is 11.5 Å². The number of amides is 3. The van der Waals surface area contributed by atoms with Crippen molar-refractivity contribution in [1.82, 2.24) is 10.6 Å². The third-order valence-electron chi connectivity index (χ3n) is 3.40. The second kappa shape index (κ2) is 8.26. The number of hydrogen-bond donors (Lipinski definition) is 3. The molecule has 3 N–H and O–H groups in total. The minimum atomic E-state index is -0.347. The maximum atomic E-state index is 12.0. The lowest BCUT2D eigenvalue weighted by atomic mass is 10.2. The van der Waals surface area contributed by atoms with Crippen LogP contribution in [0.3, 0.4) is 0 Å². The Labute approximate surface area is 135 Å². The molecule has 1 aromatic carbocycles. The Morgan fingerprint density at radius 1 is 1.30 bits per heavy atom. The van der Waals surface area contributed by atoms with Gasteiger partial charge in [0.1, 0.15) is 11.5 Å². The van der Waals surface area contributed by atoms with Gasteiger partial charge in [0.05, 0.1) is 18.9 Å². The third kappa shape index (κ3) is 5.05. The van der Waals surface area contributed by atoms with Crippen LogP contribution in [0.4, 0.5) is 10.5 Å². The summed E-state index contributed by atoms with van der Waals surface area (Å²) in [5.41, 5.74) is 0.547. The molecule has 0 spiro atoms. The van der Waals surface area contributed by atoms with Crippen LogP contribution in [0.1, 0.15) is 26.7 Å². The van der Waals surface area contributed by atoms with Gasteiger partial charge in [0.15, 0.2) is 0 Å². The Hall–Kier alpha value is -2.44. The molecule has 23 heavy (non-hydrogen) atoms. The van der Waals surface area contributed by atoms with Gasteiger partial charge < -0.3 is 25.4 Å². The van der Waals surface area contributed by atoms with Crippen LogP contribution in [-0.2, 0) is 4.79 Å². The molecule has 0 bridgehead atoms. The standard InChI is InChI=1S/C16H23N3O4/c1-3-22-12-6-7-14(23-4-2)13(9-12)19-16(21)17-10-11-5-8-15(20)18-11/h6-7,9,11H,3-5,8,10H2,1-2H3,(H,18,20)(H2,17,19,21)/t11-/m1/s1. The summed E-state index contributed by atoms with van der Waals surface area (Å²) in [6.45, 7) is 5.21. The molecule has 1 aromatic rings. The zero-order chi connectivity index (χ0) is 16.7. The van der Waals surface area contributed by atoms with E-state index in [0.29, 0.717) is 43.4 Å². The number of carbonyl (C=O) groups is 2. The normalized spacial score (nSPS) is 16.6. The summed E-state index contributed by atoms with van der Waals surface area (Å²) in [7, 11) is 0. The van der Waals surface area contributed by atoms with E-state index in [-0.39, 0.29) is 18.0 Å². The van der Waals surface area contributed by atoms with E-state index in [9.17, 15) is 9.59 Å². The third-order valence-corrected chi connectivity index (χ3v) is 3.40. The van der Waals surface area contributed by atoms with Crippen molar-refractivity contribution in [2.45, 2.75) is 32.7 Å². The fraction of sp³-hybridized carbons (Fsp3) is 0.500. The number of nitrogens with one attached hydrogen (secondary N) is 3. The summed E-state index contributed by atoms with van der Waals surface area (Å²) < 4.78 is 10.9. The van der Waals surface area contributed by atoms with E-state index in [0.717, 1.165) is 6.42 Å². The van der Waals surface area contributed by atoms with Crippen LogP contribution >= 0.6 is 0 Å². The van der Waals surface area contributed by atoms with Crippen molar-refractivity contribution in [3.05, 3.63) is 18.2 Å². The molecule has 3 amide bonds. The minimum Gasteiger partial charge on any atom is -0.494 e. The summed E-state index contributed by atoms with van der Waals surface area (Å²) in [4.78, 5) is 23.2. The molecule has 1 aliphatic heterocycles. The van der Waals surface area contributed by atoms with Crippen LogP contribution < -0.4 is 25.4 Å². The molecule has 1 saturated heterocycles. The predicted molar refractivity (Wildman–Crippen MR) is 87.0 cm³/mol. The van der Waals surface area contributed by atoms with Gasteiger partial charge in [0.2, 0.25) is 5.91 Å². The number of hydrogen-bond acceptors (Lipinski definition) is 4. The minimum absolute atomic E-state index is 0.00521. The topological polar surface area (TPSA) is 88.7 Å². The molecule has 1 fully saturated rings. The highest BCUT2D eigenvalue weighted by Gasteiger charge is 2.21. The summed E-state index contributed by atoms with van der Waals surface area (Å²) in [6.07, 6.45) is 1.25. The molecule has 2 rings (SSSR count).